The molecule has 0 aliphatic heterocycles. The summed E-state index contributed by atoms with van der Waals surface area (Å²) in [7, 11) is 0. The number of rotatable bonds is 6. The van der Waals surface area contributed by atoms with Gasteiger partial charge < -0.3 is 11.1 Å². The highest BCUT2D eigenvalue weighted by Crippen LogP contribution is 2.30. The zero-order valence-electron chi connectivity index (χ0n) is 13.4. The predicted octanol–water partition coefficient (Wildman–Crippen LogP) is 4.30. The van der Waals surface area contributed by atoms with Crippen molar-refractivity contribution in [3.63, 3.8) is 0 Å². The molecule has 21 heavy (non-hydrogen) atoms. The summed E-state index contributed by atoms with van der Waals surface area (Å²) in [5.74, 6) is 0.893. The molecule has 3 heteroatoms. The van der Waals surface area contributed by atoms with Crippen LogP contribution in [-0.2, 0) is 17.6 Å². The number of aryl methyl sites for hydroxylation is 1. The molecule has 0 bridgehead atoms. The van der Waals surface area contributed by atoms with Crippen LogP contribution in [0.3, 0.4) is 0 Å². The SMILES string of the molecule is CCc1ccc(N)c(CC)c1NC(=O)CCC1CCCC1. The molecular weight excluding hydrogens is 260 g/mol. The molecule has 0 radical (unpaired) electrons. The van der Waals surface area contributed by atoms with Crippen LogP contribution in [0.2, 0.25) is 0 Å². The lowest BCUT2D eigenvalue weighted by Gasteiger charge is -2.17. The first-order valence-electron chi connectivity index (χ1n) is 8.35. The Bertz CT molecular complexity index is 490. The van der Waals surface area contributed by atoms with Crippen LogP contribution in [0.15, 0.2) is 12.1 Å². The van der Waals surface area contributed by atoms with E-state index in [4.69, 9.17) is 5.73 Å². The quantitative estimate of drug-likeness (QED) is 0.767. The fraction of sp³-hybridized carbons (Fsp3) is 0.611. The van der Waals surface area contributed by atoms with Gasteiger partial charge in [-0.2, -0.15) is 0 Å². The van der Waals surface area contributed by atoms with Gasteiger partial charge in [0.05, 0.1) is 0 Å². The molecule has 0 spiro atoms. The van der Waals surface area contributed by atoms with E-state index in [1.165, 1.54) is 31.2 Å². The summed E-state index contributed by atoms with van der Waals surface area (Å²) >= 11 is 0. The van der Waals surface area contributed by atoms with E-state index in [2.05, 4.69) is 19.2 Å². The van der Waals surface area contributed by atoms with Gasteiger partial charge in [-0.3, -0.25) is 4.79 Å². The first-order chi connectivity index (χ1) is 10.2. The Hall–Kier alpha value is -1.51. The van der Waals surface area contributed by atoms with Crippen LogP contribution < -0.4 is 11.1 Å². The minimum atomic E-state index is 0.136. The smallest absolute Gasteiger partial charge is 0.224 e. The molecule has 1 fully saturated rings. The van der Waals surface area contributed by atoms with Gasteiger partial charge >= 0.3 is 0 Å². The van der Waals surface area contributed by atoms with E-state index in [0.717, 1.165) is 42.1 Å². The molecule has 0 unspecified atom stereocenters. The average molecular weight is 288 g/mol. The van der Waals surface area contributed by atoms with E-state index < -0.39 is 0 Å². The van der Waals surface area contributed by atoms with Crippen molar-refractivity contribution in [3.8, 4) is 0 Å². The van der Waals surface area contributed by atoms with Crippen molar-refractivity contribution in [2.24, 2.45) is 5.92 Å². The zero-order valence-corrected chi connectivity index (χ0v) is 13.4. The van der Waals surface area contributed by atoms with Crippen molar-refractivity contribution in [2.45, 2.75) is 65.2 Å². The second-order valence-corrected chi connectivity index (χ2v) is 6.11. The fourth-order valence-corrected chi connectivity index (χ4v) is 3.38. The molecule has 1 aliphatic carbocycles. The van der Waals surface area contributed by atoms with Crippen LogP contribution in [0.4, 0.5) is 11.4 Å². The zero-order chi connectivity index (χ0) is 15.2. The van der Waals surface area contributed by atoms with Crippen molar-refractivity contribution in [1.82, 2.24) is 0 Å². The van der Waals surface area contributed by atoms with Gasteiger partial charge in [-0.1, -0.05) is 45.6 Å². The molecule has 116 valence electrons. The number of carbonyl (C=O) groups excluding carboxylic acids is 1. The third-order valence-electron chi connectivity index (χ3n) is 4.69. The number of benzene rings is 1. The molecule has 3 N–H and O–H groups in total. The highest BCUT2D eigenvalue weighted by atomic mass is 16.1. The Kier molecular flexibility index (Phi) is 5.66. The predicted molar refractivity (Wildman–Crippen MR) is 89.4 cm³/mol. The number of nitrogens with two attached hydrogens (primary N) is 1. The maximum atomic E-state index is 12.3. The van der Waals surface area contributed by atoms with Gasteiger partial charge in [-0.05, 0) is 42.4 Å². The number of hydrogen-bond donors (Lipinski definition) is 2. The summed E-state index contributed by atoms with van der Waals surface area (Å²) in [6, 6.07) is 3.98. The Morgan fingerprint density at radius 1 is 1.24 bits per heavy atom. The highest BCUT2D eigenvalue weighted by Gasteiger charge is 2.17. The number of anilines is 2. The van der Waals surface area contributed by atoms with Gasteiger partial charge in [-0.25, -0.2) is 0 Å². The van der Waals surface area contributed by atoms with Crippen molar-refractivity contribution < 1.29 is 4.79 Å². The third-order valence-corrected chi connectivity index (χ3v) is 4.69. The monoisotopic (exact) mass is 288 g/mol. The molecule has 0 heterocycles. The number of amides is 1. The minimum Gasteiger partial charge on any atom is -0.398 e. The first-order valence-corrected chi connectivity index (χ1v) is 8.35. The number of nitrogens with one attached hydrogen (secondary N) is 1. The highest BCUT2D eigenvalue weighted by molar-refractivity contribution is 5.93. The Morgan fingerprint density at radius 2 is 1.95 bits per heavy atom. The topological polar surface area (TPSA) is 55.1 Å². The molecule has 1 saturated carbocycles. The minimum absolute atomic E-state index is 0.136. The van der Waals surface area contributed by atoms with Crippen LogP contribution in [0, 0.1) is 5.92 Å². The summed E-state index contributed by atoms with van der Waals surface area (Å²) in [5, 5.41) is 3.13. The standard InChI is InChI=1S/C18H28N2O/c1-3-14-10-11-16(19)15(4-2)18(14)20-17(21)12-9-13-7-5-6-8-13/h10-11,13H,3-9,12,19H2,1-2H3,(H,20,21). The first kappa shape index (κ1) is 15.9. The molecule has 3 nitrogen and oxygen atoms in total. The average Bonchev–Trinajstić information content (AvgIpc) is 2.99. The largest absolute Gasteiger partial charge is 0.398 e. The van der Waals surface area contributed by atoms with Gasteiger partial charge in [0.15, 0.2) is 0 Å². The van der Waals surface area contributed by atoms with E-state index in [-0.39, 0.29) is 5.91 Å². The second kappa shape index (κ2) is 7.48. The Labute approximate surface area is 128 Å². The van der Waals surface area contributed by atoms with Crippen molar-refractivity contribution >= 4 is 17.3 Å². The van der Waals surface area contributed by atoms with Crippen LogP contribution in [0.25, 0.3) is 0 Å². The molecule has 1 aliphatic rings. The normalized spacial score (nSPS) is 15.3. The number of nitrogen functional groups attached to an aromatic ring is 1. The van der Waals surface area contributed by atoms with Crippen LogP contribution in [0.5, 0.6) is 0 Å². The third kappa shape index (κ3) is 3.99. The van der Waals surface area contributed by atoms with Gasteiger partial charge in [0.2, 0.25) is 5.91 Å². The van der Waals surface area contributed by atoms with Crippen molar-refractivity contribution in [2.75, 3.05) is 11.1 Å². The molecule has 1 amide bonds. The van der Waals surface area contributed by atoms with E-state index in [1.807, 2.05) is 12.1 Å². The fourth-order valence-electron chi connectivity index (χ4n) is 3.38. The van der Waals surface area contributed by atoms with Crippen molar-refractivity contribution in [3.05, 3.63) is 23.3 Å². The number of carbonyl (C=O) groups is 1. The summed E-state index contributed by atoms with van der Waals surface area (Å²) in [5.41, 5.74) is 10.0. The second-order valence-electron chi connectivity index (χ2n) is 6.11. The van der Waals surface area contributed by atoms with E-state index in [9.17, 15) is 4.79 Å². The lowest BCUT2D eigenvalue weighted by Crippen LogP contribution is -2.16. The summed E-state index contributed by atoms with van der Waals surface area (Å²) in [4.78, 5) is 12.3. The lowest BCUT2D eigenvalue weighted by molar-refractivity contribution is -0.116. The van der Waals surface area contributed by atoms with Gasteiger partial charge in [0, 0.05) is 17.8 Å². The molecule has 2 rings (SSSR count). The Morgan fingerprint density at radius 3 is 2.57 bits per heavy atom. The van der Waals surface area contributed by atoms with E-state index in [1.54, 1.807) is 0 Å². The molecule has 0 aromatic heterocycles. The van der Waals surface area contributed by atoms with Crippen LogP contribution in [-0.4, -0.2) is 5.91 Å². The molecule has 1 aromatic rings. The van der Waals surface area contributed by atoms with E-state index in [0.29, 0.717) is 6.42 Å². The Balaban J connectivity index is 2.03. The van der Waals surface area contributed by atoms with E-state index >= 15 is 0 Å². The van der Waals surface area contributed by atoms with Gasteiger partial charge in [-0.15, -0.1) is 0 Å². The van der Waals surface area contributed by atoms with Crippen LogP contribution in [0.1, 0.15) is 63.5 Å². The summed E-state index contributed by atoms with van der Waals surface area (Å²) < 4.78 is 0. The molecule has 1 aromatic carbocycles. The molecule has 0 saturated heterocycles. The summed E-state index contributed by atoms with van der Waals surface area (Å²) in [6.45, 7) is 4.19. The van der Waals surface area contributed by atoms with Crippen LogP contribution >= 0.6 is 0 Å². The lowest BCUT2D eigenvalue weighted by atomic mass is 9.99. The van der Waals surface area contributed by atoms with Gasteiger partial charge in [0.25, 0.3) is 0 Å². The van der Waals surface area contributed by atoms with Gasteiger partial charge in [0.1, 0.15) is 0 Å². The maximum Gasteiger partial charge on any atom is 0.224 e. The van der Waals surface area contributed by atoms with Crippen molar-refractivity contribution in [1.29, 1.82) is 0 Å². The molecular formula is C18H28N2O. The maximum absolute atomic E-state index is 12.3. The molecule has 0 atom stereocenters. The number of hydrogen-bond acceptors (Lipinski definition) is 2. The summed E-state index contributed by atoms with van der Waals surface area (Å²) in [6.07, 6.45) is 8.67.